The number of ether oxygens (including phenoxy) is 3. The molecule has 0 fully saturated rings. The Labute approximate surface area is 416 Å². The summed E-state index contributed by atoms with van der Waals surface area (Å²) in [4.78, 5) is 38.2. The summed E-state index contributed by atoms with van der Waals surface area (Å²) in [6.45, 7) is 6.62. The average Bonchev–Trinajstić information content (AvgIpc) is 3.33. The first-order valence-corrected chi connectivity index (χ1v) is 29.1. The summed E-state index contributed by atoms with van der Waals surface area (Å²) in [6, 6.07) is 0. The Balaban J connectivity index is 4.37. The molecule has 0 saturated heterocycles. The standard InChI is InChI=1S/C61H110O6/c1-4-7-10-13-16-19-22-25-28-30-31-32-34-36-39-42-45-48-51-54-60(63)66-57-58(56-65-59(62)53-50-47-44-41-38-35-27-24-21-18-15-12-9-6-3)67-61(64)55-52-49-46-43-40-37-33-29-26-23-20-17-14-11-8-5-2/h16,19,24-25,27-28,31-32,58H,4-15,17-18,20-23,26,29-30,33-57H2,1-3H3/b19-16-,27-24-,28-25-,32-31-/t58-/m1/s1. The Morgan fingerprint density at radius 2 is 0.537 bits per heavy atom. The summed E-state index contributed by atoms with van der Waals surface area (Å²) in [5.74, 6) is -0.884. The maximum Gasteiger partial charge on any atom is 0.306 e. The van der Waals surface area contributed by atoms with Crippen LogP contribution in [0.15, 0.2) is 48.6 Å². The molecule has 0 aromatic carbocycles. The molecule has 0 aliphatic heterocycles. The number of rotatable bonds is 53. The van der Waals surface area contributed by atoms with Gasteiger partial charge in [-0.2, -0.15) is 0 Å². The van der Waals surface area contributed by atoms with Gasteiger partial charge in [0.2, 0.25) is 0 Å². The number of allylic oxidation sites excluding steroid dienone is 8. The van der Waals surface area contributed by atoms with E-state index in [-0.39, 0.29) is 31.1 Å². The number of carbonyl (C=O) groups excluding carboxylic acids is 3. The Kier molecular flexibility index (Phi) is 53.8. The first-order valence-electron chi connectivity index (χ1n) is 29.1. The van der Waals surface area contributed by atoms with E-state index in [4.69, 9.17) is 14.2 Å². The molecule has 0 unspecified atom stereocenters. The molecule has 0 aromatic rings. The monoisotopic (exact) mass is 939 g/mol. The minimum atomic E-state index is -0.779. The van der Waals surface area contributed by atoms with Gasteiger partial charge in [-0.1, -0.05) is 249 Å². The third-order valence-electron chi connectivity index (χ3n) is 12.8. The number of esters is 3. The van der Waals surface area contributed by atoms with Crippen LogP contribution in [0.5, 0.6) is 0 Å². The van der Waals surface area contributed by atoms with E-state index in [1.807, 2.05) is 0 Å². The first kappa shape index (κ1) is 64.4. The van der Waals surface area contributed by atoms with Gasteiger partial charge in [0, 0.05) is 19.3 Å². The predicted octanol–water partition coefficient (Wildman–Crippen LogP) is 19.4. The SMILES string of the molecule is CCCCC/C=C\C/C=C\C/C=C\CCCCCCCCC(=O)OC[C@@H](COC(=O)CCCCCCC/C=C\CCCCCCC)OC(=O)CCCCCCCCCCCCCCCCCC. The van der Waals surface area contributed by atoms with Crippen molar-refractivity contribution >= 4 is 17.9 Å². The zero-order chi connectivity index (χ0) is 48.6. The van der Waals surface area contributed by atoms with E-state index in [1.165, 1.54) is 180 Å². The number of carbonyl (C=O) groups is 3. The van der Waals surface area contributed by atoms with Crippen LogP contribution < -0.4 is 0 Å². The van der Waals surface area contributed by atoms with Gasteiger partial charge in [-0.15, -0.1) is 0 Å². The molecule has 67 heavy (non-hydrogen) atoms. The fourth-order valence-corrected chi connectivity index (χ4v) is 8.39. The van der Waals surface area contributed by atoms with Crippen molar-refractivity contribution in [2.75, 3.05) is 13.2 Å². The summed E-state index contributed by atoms with van der Waals surface area (Å²) in [5, 5.41) is 0. The molecule has 0 radical (unpaired) electrons. The molecule has 0 bridgehead atoms. The Morgan fingerprint density at radius 3 is 0.881 bits per heavy atom. The fraction of sp³-hybridized carbons (Fsp3) is 0.820. The summed E-state index contributed by atoms with van der Waals surface area (Å²) in [6.07, 6.45) is 68.1. The van der Waals surface area contributed by atoms with Crippen molar-refractivity contribution in [3.05, 3.63) is 48.6 Å². The molecule has 1 atom stereocenters. The molecular weight excluding hydrogens is 829 g/mol. The molecule has 0 rings (SSSR count). The van der Waals surface area contributed by atoms with Crippen LogP contribution in [-0.2, 0) is 28.6 Å². The zero-order valence-corrected chi connectivity index (χ0v) is 44.7. The Bertz CT molecular complexity index is 1170. The van der Waals surface area contributed by atoms with E-state index in [0.717, 1.165) is 83.5 Å². The van der Waals surface area contributed by atoms with Gasteiger partial charge < -0.3 is 14.2 Å². The van der Waals surface area contributed by atoms with Gasteiger partial charge >= 0.3 is 17.9 Å². The minimum Gasteiger partial charge on any atom is -0.462 e. The second-order valence-electron chi connectivity index (χ2n) is 19.6. The molecule has 0 spiro atoms. The highest BCUT2D eigenvalue weighted by atomic mass is 16.6. The predicted molar refractivity (Wildman–Crippen MR) is 289 cm³/mol. The molecule has 0 aliphatic rings. The smallest absolute Gasteiger partial charge is 0.306 e. The van der Waals surface area contributed by atoms with Gasteiger partial charge in [-0.25, -0.2) is 0 Å². The maximum atomic E-state index is 12.9. The largest absolute Gasteiger partial charge is 0.462 e. The highest BCUT2D eigenvalue weighted by Gasteiger charge is 2.19. The molecule has 0 N–H and O–H groups in total. The molecular formula is C61H110O6. The maximum absolute atomic E-state index is 12.9. The first-order chi connectivity index (χ1) is 33.0. The van der Waals surface area contributed by atoms with Gasteiger partial charge in [-0.05, 0) is 83.5 Å². The third kappa shape index (κ3) is 54.2. The van der Waals surface area contributed by atoms with Crippen molar-refractivity contribution in [3.8, 4) is 0 Å². The second kappa shape index (κ2) is 56.0. The lowest BCUT2D eigenvalue weighted by atomic mass is 10.0. The van der Waals surface area contributed by atoms with E-state index < -0.39 is 6.10 Å². The summed E-state index contributed by atoms with van der Waals surface area (Å²) in [7, 11) is 0. The fourth-order valence-electron chi connectivity index (χ4n) is 8.39. The molecule has 0 aromatic heterocycles. The molecule has 6 nitrogen and oxygen atoms in total. The highest BCUT2D eigenvalue weighted by molar-refractivity contribution is 5.71. The van der Waals surface area contributed by atoms with Crippen LogP contribution in [0.3, 0.4) is 0 Å². The van der Waals surface area contributed by atoms with Gasteiger partial charge in [0.15, 0.2) is 6.10 Å². The van der Waals surface area contributed by atoms with Crippen LogP contribution in [0.2, 0.25) is 0 Å². The van der Waals surface area contributed by atoms with Gasteiger partial charge in [-0.3, -0.25) is 14.4 Å². The molecule has 390 valence electrons. The molecule has 6 heteroatoms. The molecule has 0 saturated carbocycles. The van der Waals surface area contributed by atoms with Crippen molar-refractivity contribution in [2.24, 2.45) is 0 Å². The van der Waals surface area contributed by atoms with Crippen molar-refractivity contribution in [3.63, 3.8) is 0 Å². The summed E-state index contributed by atoms with van der Waals surface area (Å²) < 4.78 is 16.9. The van der Waals surface area contributed by atoms with Crippen LogP contribution in [0.25, 0.3) is 0 Å². The normalized spacial score (nSPS) is 12.3. The lowest BCUT2D eigenvalue weighted by molar-refractivity contribution is -0.167. The lowest BCUT2D eigenvalue weighted by Gasteiger charge is -2.18. The van der Waals surface area contributed by atoms with Gasteiger partial charge in [0.05, 0.1) is 0 Å². The highest BCUT2D eigenvalue weighted by Crippen LogP contribution is 2.16. The van der Waals surface area contributed by atoms with Gasteiger partial charge in [0.1, 0.15) is 13.2 Å². The third-order valence-corrected chi connectivity index (χ3v) is 12.8. The molecule has 0 amide bonds. The quantitative estimate of drug-likeness (QED) is 0.0262. The van der Waals surface area contributed by atoms with E-state index >= 15 is 0 Å². The lowest BCUT2D eigenvalue weighted by Crippen LogP contribution is -2.30. The van der Waals surface area contributed by atoms with E-state index in [2.05, 4.69) is 69.4 Å². The molecule has 0 heterocycles. The summed E-state index contributed by atoms with van der Waals surface area (Å²) >= 11 is 0. The van der Waals surface area contributed by atoms with Crippen LogP contribution in [0.1, 0.15) is 303 Å². The zero-order valence-electron chi connectivity index (χ0n) is 44.7. The van der Waals surface area contributed by atoms with Crippen molar-refractivity contribution in [1.29, 1.82) is 0 Å². The second-order valence-corrected chi connectivity index (χ2v) is 19.6. The summed E-state index contributed by atoms with van der Waals surface area (Å²) in [5.41, 5.74) is 0. The van der Waals surface area contributed by atoms with E-state index in [9.17, 15) is 14.4 Å². The van der Waals surface area contributed by atoms with Crippen LogP contribution in [-0.4, -0.2) is 37.2 Å². The topological polar surface area (TPSA) is 78.9 Å². The van der Waals surface area contributed by atoms with Crippen LogP contribution >= 0.6 is 0 Å². The van der Waals surface area contributed by atoms with Gasteiger partial charge in [0.25, 0.3) is 0 Å². The number of hydrogen-bond acceptors (Lipinski definition) is 6. The van der Waals surface area contributed by atoms with Crippen LogP contribution in [0, 0.1) is 0 Å². The van der Waals surface area contributed by atoms with Crippen molar-refractivity contribution in [1.82, 2.24) is 0 Å². The van der Waals surface area contributed by atoms with Crippen molar-refractivity contribution < 1.29 is 28.6 Å². The number of unbranched alkanes of at least 4 members (excludes halogenated alkanes) is 34. The average molecular weight is 940 g/mol. The van der Waals surface area contributed by atoms with E-state index in [1.54, 1.807) is 0 Å². The molecule has 0 aliphatic carbocycles. The minimum absolute atomic E-state index is 0.0789. The Morgan fingerprint density at radius 1 is 0.299 bits per heavy atom. The Hall–Kier alpha value is -2.63. The number of hydrogen-bond donors (Lipinski definition) is 0. The van der Waals surface area contributed by atoms with Crippen LogP contribution in [0.4, 0.5) is 0 Å². The van der Waals surface area contributed by atoms with Crippen molar-refractivity contribution in [2.45, 2.75) is 309 Å². The van der Waals surface area contributed by atoms with E-state index in [0.29, 0.717) is 19.3 Å².